The second kappa shape index (κ2) is 10.5. The zero-order valence-corrected chi connectivity index (χ0v) is 28.7. The molecule has 1 saturated carbocycles. The Bertz CT molecular complexity index is 2050. The van der Waals surface area contributed by atoms with Crippen molar-refractivity contribution in [1.29, 1.82) is 0 Å². The molecule has 10 nitrogen and oxygen atoms in total. The van der Waals surface area contributed by atoms with Gasteiger partial charge in [0.05, 0.1) is 40.5 Å². The number of rotatable bonds is 6. The van der Waals surface area contributed by atoms with Crippen molar-refractivity contribution in [3.63, 3.8) is 0 Å². The number of amides is 1. The number of esters is 2. The number of hydrogen-bond donors (Lipinski definition) is 0. The number of benzene rings is 4. The van der Waals surface area contributed by atoms with Crippen LogP contribution in [-0.2, 0) is 35.1 Å². The molecular formula is C41H37NO9. The molecule has 10 rings (SSSR count). The maximum atomic E-state index is 14.7. The molecule has 0 N–H and O–H groups in total. The van der Waals surface area contributed by atoms with Gasteiger partial charge in [-0.15, -0.1) is 0 Å². The van der Waals surface area contributed by atoms with E-state index >= 15 is 0 Å². The fraction of sp³-hybridized carbons (Fsp3) is 0.390. The minimum Gasteiger partial charge on any atom is -0.496 e. The predicted molar refractivity (Wildman–Crippen MR) is 182 cm³/mol. The average molecular weight is 688 g/mol. The maximum Gasteiger partial charge on any atom is 0.411 e. The van der Waals surface area contributed by atoms with E-state index in [4.69, 9.17) is 28.4 Å². The molecule has 1 amide bonds. The molecule has 4 aromatic rings. The molecule has 10 heteroatoms. The Morgan fingerprint density at radius 3 is 1.61 bits per heavy atom. The third-order valence-corrected chi connectivity index (χ3v) is 13.2. The number of hydrogen-bond acceptors (Lipinski definition) is 9. The summed E-state index contributed by atoms with van der Waals surface area (Å²) in [6.07, 6.45) is 0.170. The minimum absolute atomic E-state index is 0.0833. The minimum atomic E-state index is -1.57. The van der Waals surface area contributed by atoms with Gasteiger partial charge < -0.3 is 28.4 Å². The van der Waals surface area contributed by atoms with Crippen LogP contribution < -0.4 is 9.47 Å². The van der Waals surface area contributed by atoms with Crippen LogP contribution in [0.1, 0.15) is 58.2 Å². The first kappa shape index (κ1) is 30.7. The predicted octanol–water partition coefficient (Wildman–Crippen LogP) is 6.22. The van der Waals surface area contributed by atoms with Gasteiger partial charge in [0.25, 0.3) is 0 Å². The van der Waals surface area contributed by atoms with Gasteiger partial charge in [0.1, 0.15) is 18.1 Å². The molecule has 3 saturated heterocycles. The molecular weight excluding hydrogens is 650 g/mol. The van der Waals surface area contributed by atoms with Gasteiger partial charge in [-0.2, -0.15) is 0 Å². The molecule has 4 heterocycles. The van der Waals surface area contributed by atoms with Gasteiger partial charge in [-0.3, -0.25) is 4.90 Å². The molecule has 4 fully saturated rings. The number of nitrogens with zero attached hydrogens (tertiary/aromatic N) is 1. The highest BCUT2D eigenvalue weighted by Crippen LogP contribution is 2.84. The summed E-state index contributed by atoms with van der Waals surface area (Å²) in [4.78, 5) is 45.5. The fourth-order valence-electron chi connectivity index (χ4n) is 12.0. The molecule has 10 atom stereocenters. The SMILES string of the molecule is COC(=O)[C@@]12O[C@@](C(=O)OC)([C@@H]3[C@H]1[C@@H]1C[C@H]3c3c1c(OC)c1ccccc1c3OC)[C@H]1[C@@H]2[C@@H]2c3ccccc3[C@H]1N2C(=O)OCc1ccccc1. The van der Waals surface area contributed by atoms with E-state index in [1.165, 1.54) is 14.2 Å². The molecule has 260 valence electrons. The number of carbonyl (C=O) groups excluding carboxylic acids is 3. The van der Waals surface area contributed by atoms with E-state index in [-0.39, 0.29) is 18.4 Å². The van der Waals surface area contributed by atoms with Crippen LogP contribution in [0.4, 0.5) is 4.79 Å². The Morgan fingerprint density at radius 2 is 1.14 bits per heavy atom. The molecule has 6 bridgehead atoms. The molecule has 2 aliphatic carbocycles. The fourth-order valence-corrected chi connectivity index (χ4v) is 12.0. The summed E-state index contributed by atoms with van der Waals surface area (Å²) in [7, 11) is 6.07. The molecule has 51 heavy (non-hydrogen) atoms. The lowest BCUT2D eigenvalue weighted by Crippen LogP contribution is -2.60. The standard InChI is InChI=1S/C41H37NO9/c1-46-35-23-16-10-11-17-24(23)36(47-2)28-26-18-25(27(28)35)29-30(26)41(38(44)49-4)32-31(40(29,51-41)37(43)48-3)33-21-14-8-9-15-22(21)34(32)42(33)39(45)50-19-20-12-6-5-7-13-20/h5-17,25-26,29-34H,18-19H2,1-4H3/t25-,26+,29-,30+,31-,32+,33+,34-,40-,41+. The zero-order valence-electron chi connectivity index (χ0n) is 28.7. The summed E-state index contributed by atoms with van der Waals surface area (Å²) >= 11 is 0. The summed E-state index contributed by atoms with van der Waals surface area (Å²) in [6, 6.07) is 24.2. The summed E-state index contributed by atoms with van der Waals surface area (Å²) < 4.78 is 37.0. The van der Waals surface area contributed by atoms with Crippen LogP contribution >= 0.6 is 0 Å². The average Bonchev–Trinajstić information content (AvgIpc) is 4.01. The molecule has 4 aromatic carbocycles. The van der Waals surface area contributed by atoms with E-state index in [9.17, 15) is 14.4 Å². The normalized spacial score (nSPS) is 33.8. The Hall–Kier alpha value is -5.09. The van der Waals surface area contributed by atoms with Crippen LogP contribution in [0.3, 0.4) is 0 Å². The number of methoxy groups -OCH3 is 4. The second-order valence-corrected chi connectivity index (χ2v) is 14.6. The molecule has 6 aliphatic rings. The lowest BCUT2D eigenvalue weighted by atomic mass is 9.49. The highest BCUT2D eigenvalue weighted by atomic mass is 16.6. The van der Waals surface area contributed by atoms with Gasteiger partial charge >= 0.3 is 18.0 Å². The van der Waals surface area contributed by atoms with E-state index in [2.05, 4.69) is 0 Å². The van der Waals surface area contributed by atoms with Crippen LogP contribution in [0.2, 0.25) is 0 Å². The van der Waals surface area contributed by atoms with Crippen molar-refractivity contribution in [2.24, 2.45) is 23.7 Å². The first-order chi connectivity index (χ1) is 24.9. The summed E-state index contributed by atoms with van der Waals surface area (Å²) in [5, 5.41) is 1.83. The van der Waals surface area contributed by atoms with Gasteiger partial charge in [-0.25, -0.2) is 14.4 Å². The topological polar surface area (TPSA) is 110 Å². The van der Waals surface area contributed by atoms with Crippen LogP contribution in [0, 0.1) is 23.7 Å². The summed E-state index contributed by atoms with van der Waals surface area (Å²) in [5.74, 6) is -2.18. The first-order valence-electron chi connectivity index (χ1n) is 17.5. The van der Waals surface area contributed by atoms with Gasteiger partial charge in [0, 0.05) is 45.6 Å². The Morgan fingerprint density at radius 1 is 0.667 bits per heavy atom. The van der Waals surface area contributed by atoms with Crippen LogP contribution in [-0.4, -0.2) is 62.6 Å². The van der Waals surface area contributed by atoms with Crippen molar-refractivity contribution in [2.75, 3.05) is 28.4 Å². The van der Waals surface area contributed by atoms with Crippen LogP contribution in [0.15, 0.2) is 78.9 Å². The smallest absolute Gasteiger partial charge is 0.411 e. The highest BCUT2D eigenvalue weighted by Gasteiger charge is 2.91. The lowest BCUT2D eigenvalue weighted by Gasteiger charge is -2.48. The molecule has 0 aromatic heterocycles. The van der Waals surface area contributed by atoms with Gasteiger partial charge in [0.15, 0.2) is 11.2 Å². The first-order valence-corrected chi connectivity index (χ1v) is 17.5. The number of ether oxygens (including phenoxy) is 6. The van der Waals surface area contributed by atoms with Crippen molar-refractivity contribution >= 4 is 28.8 Å². The highest BCUT2D eigenvalue weighted by molar-refractivity contribution is 5.98. The van der Waals surface area contributed by atoms with Crippen LogP contribution in [0.5, 0.6) is 11.5 Å². The second-order valence-electron chi connectivity index (χ2n) is 14.6. The maximum absolute atomic E-state index is 14.7. The van der Waals surface area contributed by atoms with Crippen molar-refractivity contribution in [1.82, 2.24) is 4.90 Å². The van der Waals surface area contributed by atoms with E-state index in [0.29, 0.717) is 6.42 Å². The quantitative estimate of drug-likeness (QED) is 0.172. The third kappa shape index (κ3) is 3.40. The van der Waals surface area contributed by atoms with Gasteiger partial charge in [0.2, 0.25) is 0 Å². The third-order valence-electron chi connectivity index (χ3n) is 13.2. The molecule has 0 radical (unpaired) electrons. The summed E-state index contributed by atoms with van der Waals surface area (Å²) in [5.41, 5.74) is 1.54. The Balaban J connectivity index is 1.20. The van der Waals surface area contributed by atoms with E-state index in [1.54, 1.807) is 19.1 Å². The Labute approximate surface area is 294 Å². The summed E-state index contributed by atoms with van der Waals surface area (Å²) in [6.45, 7) is 0.0833. The van der Waals surface area contributed by atoms with E-state index < -0.39 is 65.0 Å². The van der Waals surface area contributed by atoms with Crippen molar-refractivity contribution in [2.45, 2.75) is 48.1 Å². The monoisotopic (exact) mass is 687 g/mol. The largest absolute Gasteiger partial charge is 0.496 e. The van der Waals surface area contributed by atoms with Gasteiger partial charge in [-0.05, 0) is 34.9 Å². The zero-order chi connectivity index (χ0) is 35.0. The van der Waals surface area contributed by atoms with Gasteiger partial charge in [-0.1, -0.05) is 78.9 Å². The van der Waals surface area contributed by atoms with E-state index in [0.717, 1.165) is 50.1 Å². The molecule has 0 unspecified atom stereocenters. The number of fused-ring (bicyclic) bond motifs is 23. The van der Waals surface area contributed by atoms with E-state index in [1.807, 2.05) is 78.9 Å². The molecule has 0 spiro atoms. The van der Waals surface area contributed by atoms with Crippen LogP contribution in [0.25, 0.3) is 10.8 Å². The molecule has 4 aliphatic heterocycles. The van der Waals surface area contributed by atoms with Crippen molar-refractivity contribution in [3.8, 4) is 11.5 Å². The van der Waals surface area contributed by atoms with Crippen molar-refractivity contribution < 1.29 is 42.8 Å². The van der Waals surface area contributed by atoms with Crippen molar-refractivity contribution in [3.05, 3.63) is 107 Å². The Kier molecular flexibility index (Phi) is 6.31. The number of carbonyl (C=O) groups is 3. The lowest BCUT2D eigenvalue weighted by molar-refractivity contribution is -0.188.